The van der Waals surface area contributed by atoms with Crippen molar-refractivity contribution < 1.29 is 24.1 Å². The lowest BCUT2D eigenvalue weighted by molar-refractivity contribution is -0.122. The van der Waals surface area contributed by atoms with Gasteiger partial charge in [-0.1, -0.05) is 57.9 Å². The highest BCUT2D eigenvalue weighted by Crippen LogP contribution is 2.19. The maximum atomic E-state index is 8.36. The second-order valence-electron chi connectivity index (χ2n) is 7.90. The Hall–Kier alpha value is -1.70. The van der Waals surface area contributed by atoms with E-state index in [1.807, 2.05) is 12.3 Å². The summed E-state index contributed by atoms with van der Waals surface area (Å²) in [5.74, 6) is 0.704. The molecule has 2 heterocycles. The zero-order chi connectivity index (χ0) is 22.6. The van der Waals surface area contributed by atoms with E-state index in [9.17, 15) is 0 Å². The van der Waals surface area contributed by atoms with Crippen molar-refractivity contribution in [1.82, 2.24) is 10.3 Å². The van der Waals surface area contributed by atoms with Crippen LogP contribution in [0.15, 0.2) is 18.3 Å². The van der Waals surface area contributed by atoms with Crippen LogP contribution in [0.5, 0.6) is 5.88 Å². The monoisotopic (exact) mass is 438 g/mol. The number of aromatic nitrogens is 1. The summed E-state index contributed by atoms with van der Waals surface area (Å²) < 4.78 is 16.8. The number of ether oxygens (including phenoxy) is 3. The lowest BCUT2D eigenvalue weighted by Gasteiger charge is -2.23. The van der Waals surface area contributed by atoms with Gasteiger partial charge in [-0.15, -0.1) is 0 Å². The Bertz CT molecular complexity index is 535. The molecule has 1 aromatic heterocycles. The van der Waals surface area contributed by atoms with Crippen LogP contribution in [-0.4, -0.2) is 56.1 Å². The molecule has 7 nitrogen and oxygen atoms in total. The Labute approximate surface area is 187 Å². The molecule has 1 aliphatic heterocycles. The Morgan fingerprint density at radius 1 is 1.16 bits per heavy atom. The van der Waals surface area contributed by atoms with Crippen molar-refractivity contribution in [3.63, 3.8) is 0 Å². The Balaban J connectivity index is 0.00000151. The van der Waals surface area contributed by atoms with Crippen molar-refractivity contribution in [2.45, 2.75) is 83.3 Å². The fraction of sp³-hybridized carbons (Fsp3) is 0.750. The molecule has 1 fully saturated rings. The predicted octanol–water partition coefficient (Wildman–Crippen LogP) is 4.76. The summed E-state index contributed by atoms with van der Waals surface area (Å²) >= 11 is 0. The first-order valence-electron chi connectivity index (χ1n) is 11.8. The molecule has 0 saturated carbocycles. The fourth-order valence-corrected chi connectivity index (χ4v) is 3.61. The van der Waals surface area contributed by atoms with E-state index in [0.29, 0.717) is 12.5 Å². The lowest BCUT2D eigenvalue weighted by Crippen LogP contribution is -2.27. The quantitative estimate of drug-likeness (QED) is 0.301. The molecule has 178 valence electrons. The molecule has 2 N–H and O–H groups in total. The lowest BCUT2D eigenvalue weighted by atomic mass is 10.1. The summed E-state index contributed by atoms with van der Waals surface area (Å²) in [6.07, 6.45) is 14.7. The van der Waals surface area contributed by atoms with E-state index in [1.54, 1.807) is 7.11 Å². The van der Waals surface area contributed by atoms with E-state index in [4.69, 9.17) is 24.1 Å². The summed E-state index contributed by atoms with van der Waals surface area (Å²) in [7, 11) is 1.75. The van der Waals surface area contributed by atoms with E-state index >= 15 is 0 Å². The number of nitrogens with zero attached hydrogens (tertiary/aromatic N) is 1. The summed E-state index contributed by atoms with van der Waals surface area (Å²) in [5.41, 5.74) is 1.15. The number of hydrogen-bond acceptors (Lipinski definition) is 6. The number of rotatable bonds is 15. The van der Waals surface area contributed by atoms with Gasteiger partial charge in [0.1, 0.15) is 6.10 Å². The zero-order valence-corrected chi connectivity index (χ0v) is 19.4. The molecule has 0 aliphatic carbocycles. The third-order valence-corrected chi connectivity index (χ3v) is 5.37. The molecule has 1 aromatic rings. The van der Waals surface area contributed by atoms with Crippen LogP contribution in [0.2, 0.25) is 0 Å². The Kier molecular flexibility index (Phi) is 16.8. The van der Waals surface area contributed by atoms with Crippen LogP contribution >= 0.6 is 0 Å². The van der Waals surface area contributed by atoms with Gasteiger partial charge in [-0.05, 0) is 18.5 Å². The second-order valence-corrected chi connectivity index (χ2v) is 7.90. The fourth-order valence-electron chi connectivity index (χ4n) is 3.61. The number of carboxylic acid groups (broad SMARTS) is 1. The van der Waals surface area contributed by atoms with Crippen LogP contribution in [0.4, 0.5) is 0 Å². The van der Waals surface area contributed by atoms with Crippen LogP contribution < -0.4 is 10.1 Å². The smallest absolute Gasteiger partial charge is 0.290 e. The molecule has 0 unspecified atom stereocenters. The molecule has 1 saturated heterocycles. The zero-order valence-electron chi connectivity index (χ0n) is 19.4. The molecule has 2 rings (SSSR count). The SMILES string of the molecule is CCCCCCCCCCN[C@@H](COC)c1ccc(OC2CCOCC2)nc1.O=CO. The van der Waals surface area contributed by atoms with Gasteiger partial charge < -0.3 is 24.6 Å². The molecule has 1 aliphatic rings. The molecule has 0 amide bonds. The highest BCUT2D eigenvalue weighted by atomic mass is 16.5. The van der Waals surface area contributed by atoms with Crippen LogP contribution in [0.3, 0.4) is 0 Å². The van der Waals surface area contributed by atoms with Gasteiger partial charge in [-0.25, -0.2) is 4.98 Å². The van der Waals surface area contributed by atoms with Crippen LogP contribution in [0, 0.1) is 0 Å². The minimum absolute atomic E-state index is 0.180. The summed E-state index contributed by atoms with van der Waals surface area (Å²) in [6, 6.07) is 4.26. The van der Waals surface area contributed by atoms with Gasteiger partial charge in [-0.3, -0.25) is 4.79 Å². The number of pyridine rings is 1. The number of unbranched alkanes of at least 4 members (excludes halogenated alkanes) is 7. The van der Waals surface area contributed by atoms with Gasteiger partial charge in [0.15, 0.2) is 0 Å². The molecular formula is C24H42N2O5. The highest BCUT2D eigenvalue weighted by Gasteiger charge is 2.16. The Morgan fingerprint density at radius 3 is 2.39 bits per heavy atom. The average molecular weight is 439 g/mol. The van der Waals surface area contributed by atoms with Gasteiger partial charge in [0.2, 0.25) is 5.88 Å². The van der Waals surface area contributed by atoms with Gasteiger partial charge in [0.25, 0.3) is 6.47 Å². The highest BCUT2D eigenvalue weighted by molar-refractivity contribution is 5.32. The minimum Gasteiger partial charge on any atom is -0.483 e. The second kappa shape index (κ2) is 19.0. The largest absolute Gasteiger partial charge is 0.483 e. The predicted molar refractivity (Wildman–Crippen MR) is 123 cm³/mol. The third-order valence-electron chi connectivity index (χ3n) is 5.37. The van der Waals surface area contributed by atoms with Gasteiger partial charge in [0.05, 0.1) is 25.9 Å². The van der Waals surface area contributed by atoms with E-state index in [0.717, 1.165) is 38.2 Å². The van der Waals surface area contributed by atoms with Gasteiger partial charge in [0, 0.05) is 32.2 Å². The number of hydrogen-bond donors (Lipinski definition) is 2. The summed E-state index contributed by atoms with van der Waals surface area (Å²) in [6.45, 7) is 5.25. The summed E-state index contributed by atoms with van der Waals surface area (Å²) in [4.78, 5) is 12.9. The average Bonchev–Trinajstić information content (AvgIpc) is 2.79. The van der Waals surface area contributed by atoms with Crippen molar-refractivity contribution in [2.75, 3.05) is 33.5 Å². The van der Waals surface area contributed by atoms with Crippen molar-refractivity contribution in [1.29, 1.82) is 0 Å². The maximum Gasteiger partial charge on any atom is 0.290 e. The molecule has 0 aromatic carbocycles. The maximum absolute atomic E-state index is 8.36. The number of carbonyl (C=O) groups is 1. The topological polar surface area (TPSA) is 89.9 Å². The summed E-state index contributed by atoms with van der Waals surface area (Å²) in [5, 5.41) is 10.5. The van der Waals surface area contributed by atoms with E-state index < -0.39 is 0 Å². The Morgan fingerprint density at radius 2 is 1.81 bits per heavy atom. The van der Waals surface area contributed by atoms with Crippen molar-refractivity contribution >= 4 is 6.47 Å². The number of methoxy groups -OCH3 is 1. The molecule has 1 atom stereocenters. The van der Waals surface area contributed by atoms with E-state index in [1.165, 1.54) is 51.4 Å². The molecule has 0 bridgehead atoms. The van der Waals surface area contributed by atoms with Crippen LogP contribution in [0.1, 0.15) is 82.7 Å². The third kappa shape index (κ3) is 13.3. The van der Waals surface area contributed by atoms with E-state index in [-0.39, 0.29) is 18.6 Å². The molecular weight excluding hydrogens is 396 g/mol. The van der Waals surface area contributed by atoms with Crippen LogP contribution in [0.25, 0.3) is 0 Å². The minimum atomic E-state index is -0.250. The molecule has 31 heavy (non-hydrogen) atoms. The molecule has 0 radical (unpaired) electrons. The first kappa shape index (κ1) is 27.3. The van der Waals surface area contributed by atoms with Gasteiger partial charge >= 0.3 is 0 Å². The van der Waals surface area contributed by atoms with Crippen molar-refractivity contribution in [3.8, 4) is 5.88 Å². The van der Waals surface area contributed by atoms with Crippen LogP contribution in [-0.2, 0) is 14.3 Å². The number of nitrogens with one attached hydrogen (secondary N) is 1. The van der Waals surface area contributed by atoms with E-state index in [2.05, 4.69) is 23.3 Å². The first-order valence-corrected chi connectivity index (χ1v) is 11.8. The van der Waals surface area contributed by atoms with Crippen molar-refractivity contribution in [2.24, 2.45) is 0 Å². The normalized spacial score (nSPS) is 15.0. The van der Waals surface area contributed by atoms with Crippen molar-refractivity contribution in [3.05, 3.63) is 23.9 Å². The molecule has 7 heteroatoms. The first-order chi connectivity index (χ1) is 15.2. The molecule has 0 spiro atoms. The standard InChI is InChI=1S/C23H40N2O3.CH2O2/c1-3-4-5-6-7-8-9-10-15-24-22(19-26-2)20-11-12-23(25-18-20)28-21-13-16-27-17-14-21;2-1-3/h11-12,18,21-22,24H,3-10,13-17,19H2,1-2H3;1H,(H,2,3)/t22-;/m0./s1. The van der Waals surface area contributed by atoms with Gasteiger partial charge in [-0.2, -0.15) is 0 Å².